The Hall–Kier alpha value is -2.66. The highest BCUT2D eigenvalue weighted by Crippen LogP contribution is 2.22. The van der Waals surface area contributed by atoms with Crippen LogP contribution in [0.1, 0.15) is 10.5 Å². The van der Waals surface area contributed by atoms with Gasteiger partial charge < -0.3 is 11.1 Å². The lowest BCUT2D eigenvalue weighted by molar-refractivity contribution is 0.102. The molecule has 5 nitrogen and oxygen atoms in total. The summed E-state index contributed by atoms with van der Waals surface area (Å²) >= 11 is 5.91. The number of nitrogens with one attached hydrogen (secondary N) is 1. The second-order valence-corrected chi connectivity index (χ2v) is 4.77. The summed E-state index contributed by atoms with van der Waals surface area (Å²) in [4.78, 5) is 20.5. The van der Waals surface area contributed by atoms with Gasteiger partial charge in [0.1, 0.15) is 5.69 Å². The van der Waals surface area contributed by atoms with E-state index in [2.05, 4.69) is 15.3 Å². The van der Waals surface area contributed by atoms with Crippen LogP contribution < -0.4 is 11.1 Å². The molecule has 21 heavy (non-hydrogen) atoms. The average molecular weight is 299 g/mol. The van der Waals surface area contributed by atoms with Crippen molar-refractivity contribution in [3.63, 3.8) is 0 Å². The Morgan fingerprint density at radius 1 is 1.19 bits per heavy atom. The SMILES string of the molecule is Nc1cc(C(=O)Nc2cccnc2Cl)nc2ccccc12. The number of amides is 1. The number of halogens is 1. The maximum Gasteiger partial charge on any atom is 0.274 e. The summed E-state index contributed by atoms with van der Waals surface area (Å²) in [5, 5.41) is 3.70. The topological polar surface area (TPSA) is 80.9 Å². The summed E-state index contributed by atoms with van der Waals surface area (Å²) in [6, 6.07) is 12.3. The Labute approximate surface area is 125 Å². The van der Waals surface area contributed by atoms with Crippen molar-refractivity contribution in [2.75, 3.05) is 11.1 Å². The zero-order valence-electron chi connectivity index (χ0n) is 10.9. The number of benzene rings is 1. The maximum absolute atomic E-state index is 12.2. The quantitative estimate of drug-likeness (QED) is 0.712. The highest BCUT2D eigenvalue weighted by atomic mass is 35.5. The fourth-order valence-corrected chi connectivity index (χ4v) is 2.15. The molecule has 0 bridgehead atoms. The summed E-state index contributed by atoms with van der Waals surface area (Å²) in [6.45, 7) is 0. The van der Waals surface area contributed by atoms with E-state index in [0.29, 0.717) is 16.9 Å². The second kappa shape index (κ2) is 5.38. The molecule has 0 saturated carbocycles. The monoisotopic (exact) mass is 298 g/mol. The molecule has 3 N–H and O–H groups in total. The number of rotatable bonds is 2. The van der Waals surface area contributed by atoms with E-state index < -0.39 is 0 Å². The maximum atomic E-state index is 12.2. The molecule has 0 saturated heterocycles. The number of anilines is 2. The summed E-state index contributed by atoms with van der Waals surface area (Å²) < 4.78 is 0. The Balaban J connectivity index is 1.97. The van der Waals surface area contributed by atoms with Crippen molar-refractivity contribution in [2.24, 2.45) is 0 Å². The van der Waals surface area contributed by atoms with Gasteiger partial charge in [-0.15, -0.1) is 0 Å². The van der Waals surface area contributed by atoms with E-state index in [4.69, 9.17) is 17.3 Å². The zero-order valence-corrected chi connectivity index (χ0v) is 11.6. The van der Waals surface area contributed by atoms with E-state index in [1.54, 1.807) is 30.5 Å². The minimum atomic E-state index is -0.387. The smallest absolute Gasteiger partial charge is 0.274 e. The van der Waals surface area contributed by atoms with Gasteiger partial charge in [0.05, 0.1) is 11.2 Å². The van der Waals surface area contributed by atoms with E-state index in [1.807, 2.05) is 18.2 Å². The molecule has 0 aliphatic rings. The molecule has 6 heteroatoms. The van der Waals surface area contributed by atoms with Gasteiger partial charge in [-0.1, -0.05) is 29.8 Å². The minimum Gasteiger partial charge on any atom is -0.398 e. The standard InChI is InChI=1S/C15H11ClN4O/c16-14-12(6-3-7-18-14)20-15(21)13-8-10(17)9-4-1-2-5-11(9)19-13/h1-8H,(H2,17,19)(H,20,21). The largest absolute Gasteiger partial charge is 0.398 e. The van der Waals surface area contributed by atoms with Crippen LogP contribution in [0.5, 0.6) is 0 Å². The van der Waals surface area contributed by atoms with Crippen molar-refractivity contribution in [3.05, 3.63) is 59.5 Å². The number of hydrogen-bond donors (Lipinski definition) is 2. The first-order chi connectivity index (χ1) is 10.1. The molecule has 2 aromatic heterocycles. The third kappa shape index (κ3) is 2.64. The van der Waals surface area contributed by atoms with Gasteiger partial charge in [0, 0.05) is 17.3 Å². The number of nitrogen functional groups attached to an aromatic ring is 1. The number of carbonyl (C=O) groups is 1. The number of carbonyl (C=O) groups excluding carboxylic acids is 1. The van der Waals surface area contributed by atoms with E-state index in [1.165, 1.54) is 0 Å². The Kier molecular flexibility index (Phi) is 3.41. The van der Waals surface area contributed by atoms with Gasteiger partial charge in [0.25, 0.3) is 5.91 Å². The molecular formula is C15H11ClN4O. The Bertz CT molecular complexity index is 835. The van der Waals surface area contributed by atoms with E-state index in [-0.39, 0.29) is 16.8 Å². The first-order valence-electron chi connectivity index (χ1n) is 6.22. The van der Waals surface area contributed by atoms with Crippen LogP contribution >= 0.6 is 11.6 Å². The van der Waals surface area contributed by atoms with E-state index in [0.717, 1.165) is 5.39 Å². The van der Waals surface area contributed by atoms with Gasteiger partial charge in [-0.2, -0.15) is 0 Å². The lowest BCUT2D eigenvalue weighted by Crippen LogP contribution is -2.14. The molecule has 0 spiro atoms. The minimum absolute atomic E-state index is 0.222. The fourth-order valence-electron chi connectivity index (χ4n) is 1.98. The van der Waals surface area contributed by atoms with Gasteiger partial charge in [-0.05, 0) is 24.3 Å². The van der Waals surface area contributed by atoms with Crippen LogP contribution in [0.3, 0.4) is 0 Å². The average Bonchev–Trinajstić information content (AvgIpc) is 2.49. The van der Waals surface area contributed by atoms with Crippen LogP contribution in [-0.2, 0) is 0 Å². The molecule has 0 unspecified atom stereocenters. The molecule has 0 atom stereocenters. The number of aromatic nitrogens is 2. The lowest BCUT2D eigenvalue weighted by atomic mass is 10.1. The first kappa shape index (κ1) is 13.3. The number of para-hydroxylation sites is 1. The number of hydrogen-bond acceptors (Lipinski definition) is 4. The number of nitrogens with two attached hydrogens (primary N) is 1. The summed E-state index contributed by atoms with van der Waals surface area (Å²) in [5.74, 6) is -0.387. The van der Waals surface area contributed by atoms with Crippen molar-refractivity contribution in [3.8, 4) is 0 Å². The molecule has 0 fully saturated rings. The van der Waals surface area contributed by atoms with Gasteiger partial charge in [-0.3, -0.25) is 4.79 Å². The summed E-state index contributed by atoms with van der Waals surface area (Å²) in [5.41, 5.74) is 7.79. The van der Waals surface area contributed by atoms with Crippen LogP contribution in [0.15, 0.2) is 48.7 Å². The van der Waals surface area contributed by atoms with Crippen LogP contribution in [0.4, 0.5) is 11.4 Å². The normalized spacial score (nSPS) is 10.5. The predicted octanol–water partition coefficient (Wildman–Crippen LogP) is 3.12. The van der Waals surface area contributed by atoms with Crippen molar-refractivity contribution in [1.29, 1.82) is 0 Å². The first-order valence-corrected chi connectivity index (χ1v) is 6.60. The van der Waals surface area contributed by atoms with Crippen LogP contribution in [-0.4, -0.2) is 15.9 Å². The molecule has 1 amide bonds. The van der Waals surface area contributed by atoms with Crippen LogP contribution in [0.2, 0.25) is 5.15 Å². The number of fused-ring (bicyclic) bond motifs is 1. The van der Waals surface area contributed by atoms with Crippen molar-refractivity contribution in [1.82, 2.24) is 9.97 Å². The summed E-state index contributed by atoms with van der Waals surface area (Å²) in [7, 11) is 0. The molecule has 3 rings (SSSR count). The van der Waals surface area contributed by atoms with Crippen molar-refractivity contribution >= 4 is 39.8 Å². The van der Waals surface area contributed by atoms with Gasteiger partial charge in [0.15, 0.2) is 5.15 Å². The third-order valence-electron chi connectivity index (χ3n) is 2.99. The Morgan fingerprint density at radius 2 is 2.00 bits per heavy atom. The zero-order chi connectivity index (χ0) is 14.8. The molecular weight excluding hydrogens is 288 g/mol. The fraction of sp³-hybridized carbons (Fsp3) is 0. The molecule has 1 aromatic carbocycles. The second-order valence-electron chi connectivity index (χ2n) is 4.41. The van der Waals surface area contributed by atoms with E-state index in [9.17, 15) is 4.79 Å². The molecule has 0 aliphatic carbocycles. The molecule has 104 valence electrons. The van der Waals surface area contributed by atoms with Gasteiger partial charge in [-0.25, -0.2) is 9.97 Å². The van der Waals surface area contributed by atoms with E-state index >= 15 is 0 Å². The van der Waals surface area contributed by atoms with Crippen molar-refractivity contribution < 1.29 is 4.79 Å². The lowest BCUT2D eigenvalue weighted by Gasteiger charge is -2.08. The van der Waals surface area contributed by atoms with Crippen LogP contribution in [0.25, 0.3) is 10.9 Å². The number of nitrogens with zero attached hydrogens (tertiary/aromatic N) is 2. The highest BCUT2D eigenvalue weighted by molar-refractivity contribution is 6.32. The summed E-state index contributed by atoms with van der Waals surface area (Å²) in [6.07, 6.45) is 1.55. The van der Waals surface area contributed by atoms with Crippen molar-refractivity contribution in [2.45, 2.75) is 0 Å². The Morgan fingerprint density at radius 3 is 2.81 bits per heavy atom. The molecule has 0 radical (unpaired) electrons. The van der Waals surface area contributed by atoms with Gasteiger partial charge in [0.2, 0.25) is 0 Å². The van der Waals surface area contributed by atoms with Crippen LogP contribution in [0, 0.1) is 0 Å². The molecule has 3 aromatic rings. The molecule has 0 aliphatic heterocycles. The predicted molar refractivity (Wildman–Crippen MR) is 83.4 cm³/mol. The third-order valence-corrected chi connectivity index (χ3v) is 3.29. The number of pyridine rings is 2. The van der Waals surface area contributed by atoms with Gasteiger partial charge >= 0.3 is 0 Å². The highest BCUT2D eigenvalue weighted by Gasteiger charge is 2.12. The molecule has 2 heterocycles.